The number of nitrogens with one attached hydrogen (secondary N) is 1. The first-order valence-electron chi connectivity index (χ1n) is 9.43. The van der Waals surface area contributed by atoms with Gasteiger partial charge in [-0.2, -0.15) is 0 Å². The number of aryl methyl sites for hydroxylation is 1. The first-order chi connectivity index (χ1) is 13.0. The standard InChI is InChI=1S/C22H26N2O3/c1-4-19(27-20-8-5-7-15(2)16(20)3)22(26)23-17-10-12-18(13-11-17)24-14-6-9-21(24)25/h5,7-8,10-13,19H,4,6,9,14H2,1-3H3,(H,23,26). The van der Waals surface area contributed by atoms with Crippen LogP contribution >= 0.6 is 0 Å². The van der Waals surface area contributed by atoms with Crippen LogP contribution in [-0.2, 0) is 9.59 Å². The smallest absolute Gasteiger partial charge is 0.265 e. The molecule has 2 aromatic rings. The lowest BCUT2D eigenvalue weighted by Crippen LogP contribution is -2.32. The third kappa shape index (κ3) is 4.30. The molecule has 1 fully saturated rings. The summed E-state index contributed by atoms with van der Waals surface area (Å²) in [5.74, 6) is 0.711. The lowest BCUT2D eigenvalue weighted by atomic mass is 10.1. The van der Waals surface area contributed by atoms with E-state index in [1.54, 1.807) is 4.90 Å². The maximum Gasteiger partial charge on any atom is 0.265 e. The third-order valence-corrected chi connectivity index (χ3v) is 5.01. The number of amides is 2. The predicted molar refractivity (Wildman–Crippen MR) is 107 cm³/mol. The number of hydrogen-bond acceptors (Lipinski definition) is 3. The Balaban J connectivity index is 1.66. The van der Waals surface area contributed by atoms with Crippen LogP contribution in [0.25, 0.3) is 0 Å². The topological polar surface area (TPSA) is 58.6 Å². The van der Waals surface area contributed by atoms with Crippen LogP contribution in [0.15, 0.2) is 42.5 Å². The van der Waals surface area contributed by atoms with Crippen molar-refractivity contribution in [1.82, 2.24) is 0 Å². The van der Waals surface area contributed by atoms with Gasteiger partial charge < -0.3 is 15.0 Å². The van der Waals surface area contributed by atoms with Crippen molar-refractivity contribution in [1.29, 1.82) is 0 Å². The van der Waals surface area contributed by atoms with Crippen molar-refractivity contribution in [2.24, 2.45) is 0 Å². The van der Waals surface area contributed by atoms with E-state index in [9.17, 15) is 9.59 Å². The van der Waals surface area contributed by atoms with E-state index in [0.717, 1.165) is 35.5 Å². The van der Waals surface area contributed by atoms with E-state index in [2.05, 4.69) is 5.32 Å². The molecule has 2 amide bonds. The SMILES string of the molecule is CCC(Oc1cccc(C)c1C)C(=O)Nc1ccc(N2CCCC2=O)cc1. The molecule has 0 bridgehead atoms. The average Bonchev–Trinajstić information content (AvgIpc) is 3.09. The highest BCUT2D eigenvalue weighted by Crippen LogP contribution is 2.25. The number of nitrogens with zero attached hydrogens (tertiary/aromatic N) is 1. The number of anilines is 2. The molecule has 5 heteroatoms. The maximum atomic E-state index is 12.6. The summed E-state index contributed by atoms with van der Waals surface area (Å²) >= 11 is 0. The molecule has 1 aliphatic rings. The summed E-state index contributed by atoms with van der Waals surface area (Å²) in [4.78, 5) is 26.2. The van der Waals surface area contributed by atoms with Crippen LogP contribution in [0.4, 0.5) is 11.4 Å². The molecule has 1 unspecified atom stereocenters. The van der Waals surface area contributed by atoms with Crippen molar-refractivity contribution in [2.75, 3.05) is 16.8 Å². The lowest BCUT2D eigenvalue weighted by Gasteiger charge is -2.20. The predicted octanol–water partition coefficient (Wildman–Crippen LogP) is 4.23. The van der Waals surface area contributed by atoms with E-state index < -0.39 is 6.10 Å². The Labute approximate surface area is 160 Å². The second-order valence-corrected chi connectivity index (χ2v) is 6.90. The molecule has 1 heterocycles. The van der Waals surface area contributed by atoms with Crippen LogP contribution in [0.3, 0.4) is 0 Å². The van der Waals surface area contributed by atoms with Gasteiger partial charge in [0.1, 0.15) is 5.75 Å². The Bertz CT molecular complexity index is 830. The van der Waals surface area contributed by atoms with Crippen molar-refractivity contribution in [3.05, 3.63) is 53.6 Å². The van der Waals surface area contributed by atoms with Gasteiger partial charge >= 0.3 is 0 Å². The second-order valence-electron chi connectivity index (χ2n) is 6.90. The molecule has 142 valence electrons. The van der Waals surface area contributed by atoms with Gasteiger partial charge in [0.25, 0.3) is 5.91 Å². The van der Waals surface area contributed by atoms with Crippen LogP contribution in [0.2, 0.25) is 0 Å². The summed E-state index contributed by atoms with van der Waals surface area (Å²) in [5.41, 5.74) is 3.74. The van der Waals surface area contributed by atoms with E-state index in [4.69, 9.17) is 4.74 Å². The molecule has 5 nitrogen and oxygen atoms in total. The summed E-state index contributed by atoms with van der Waals surface area (Å²) < 4.78 is 5.96. The van der Waals surface area contributed by atoms with Gasteiger partial charge in [0.15, 0.2) is 6.10 Å². The van der Waals surface area contributed by atoms with Crippen molar-refractivity contribution < 1.29 is 14.3 Å². The van der Waals surface area contributed by atoms with E-state index >= 15 is 0 Å². The number of carbonyl (C=O) groups is 2. The Kier molecular flexibility index (Phi) is 5.79. The maximum absolute atomic E-state index is 12.6. The summed E-state index contributed by atoms with van der Waals surface area (Å²) in [6.07, 6.45) is 1.50. The van der Waals surface area contributed by atoms with Crippen molar-refractivity contribution in [2.45, 2.75) is 46.1 Å². The number of benzene rings is 2. The number of rotatable bonds is 6. The molecule has 0 aliphatic carbocycles. The Morgan fingerprint density at radius 3 is 2.56 bits per heavy atom. The zero-order chi connectivity index (χ0) is 19.4. The minimum absolute atomic E-state index is 0.153. The van der Waals surface area contributed by atoms with Gasteiger partial charge in [0, 0.05) is 24.3 Å². The highest BCUT2D eigenvalue weighted by atomic mass is 16.5. The molecular weight excluding hydrogens is 340 g/mol. The van der Waals surface area contributed by atoms with Gasteiger partial charge in [-0.15, -0.1) is 0 Å². The number of hydrogen-bond donors (Lipinski definition) is 1. The van der Waals surface area contributed by atoms with E-state index in [0.29, 0.717) is 18.5 Å². The van der Waals surface area contributed by atoms with Crippen LogP contribution in [-0.4, -0.2) is 24.5 Å². The second kappa shape index (κ2) is 8.25. The van der Waals surface area contributed by atoms with Crippen LogP contribution in [0.5, 0.6) is 5.75 Å². The molecule has 27 heavy (non-hydrogen) atoms. The molecule has 1 saturated heterocycles. The quantitative estimate of drug-likeness (QED) is 0.832. The first-order valence-corrected chi connectivity index (χ1v) is 9.43. The number of carbonyl (C=O) groups excluding carboxylic acids is 2. The Morgan fingerprint density at radius 1 is 1.19 bits per heavy atom. The average molecular weight is 366 g/mol. The largest absolute Gasteiger partial charge is 0.480 e. The van der Waals surface area contributed by atoms with Crippen molar-refractivity contribution in [3.63, 3.8) is 0 Å². The summed E-state index contributed by atoms with van der Waals surface area (Å²) in [5, 5.41) is 2.91. The van der Waals surface area contributed by atoms with Gasteiger partial charge in [-0.1, -0.05) is 19.1 Å². The molecular formula is C22H26N2O3. The lowest BCUT2D eigenvalue weighted by molar-refractivity contribution is -0.122. The first kappa shape index (κ1) is 19.0. The minimum atomic E-state index is -0.565. The molecule has 0 saturated carbocycles. The normalized spacial score (nSPS) is 14.9. The minimum Gasteiger partial charge on any atom is -0.480 e. The molecule has 0 aromatic heterocycles. The van der Waals surface area contributed by atoms with Crippen LogP contribution in [0.1, 0.15) is 37.3 Å². The van der Waals surface area contributed by atoms with Gasteiger partial charge in [-0.25, -0.2) is 0 Å². The number of ether oxygens (including phenoxy) is 1. The Hall–Kier alpha value is -2.82. The van der Waals surface area contributed by atoms with Gasteiger partial charge in [0.05, 0.1) is 0 Å². The van der Waals surface area contributed by atoms with Crippen LogP contribution in [0, 0.1) is 13.8 Å². The summed E-state index contributed by atoms with van der Waals surface area (Å²) in [6, 6.07) is 13.2. The van der Waals surface area contributed by atoms with Crippen molar-refractivity contribution in [3.8, 4) is 5.75 Å². The summed E-state index contributed by atoms with van der Waals surface area (Å²) in [6.45, 7) is 6.70. The fourth-order valence-electron chi connectivity index (χ4n) is 3.20. The zero-order valence-electron chi connectivity index (χ0n) is 16.1. The summed E-state index contributed by atoms with van der Waals surface area (Å²) in [7, 11) is 0. The molecule has 0 spiro atoms. The molecule has 2 aromatic carbocycles. The molecule has 1 atom stereocenters. The monoisotopic (exact) mass is 366 g/mol. The van der Waals surface area contributed by atoms with Gasteiger partial charge in [0.2, 0.25) is 5.91 Å². The fourth-order valence-corrected chi connectivity index (χ4v) is 3.20. The van der Waals surface area contributed by atoms with E-state index in [1.165, 1.54) is 0 Å². The Morgan fingerprint density at radius 2 is 1.93 bits per heavy atom. The van der Waals surface area contributed by atoms with Gasteiger partial charge in [-0.05, 0) is 68.1 Å². The highest BCUT2D eigenvalue weighted by Gasteiger charge is 2.22. The van der Waals surface area contributed by atoms with Crippen LogP contribution < -0.4 is 15.0 Å². The zero-order valence-corrected chi connectivity index (χ0v) is 16.1. The molecule has 1 N–H and O–H groups in total. The van der Waals surface area contributed by atoms with E-state index in [1.807, 2.05) is 63.2 Å². The highest BCUT2D eigenvalue weighted by molar-refractivity contribution is 5.97. The van der Waals surface area contributed by atoms with Gasteiger partial charge in [-0.3, -0.25) is 9.59 Å². The third-order valence-electron chi connectivity index (χ3n) is 5.01. The molecule has 3 rings (SSSR count). The van der Waals surface area contributed by atoms with E-state index in [-0.39, 0.29) is 11.8 Å². The molecule has 0 radical (unpaired) electrons. The van der Waals surface area contributed by atoms with Crippen molar-refractivity contribution >= 4 is 23.2 Å². The fraction of sp³-hybridized carbons (Fsp3) is 0.364. The molecule has 1 aliphatic heterocycles.